The molecule has 0 aromatic rings. The number of rotatable bonds is 0. The molecular formula is C5H7F2. The predicted octanol–water partition coefficient (Wildman–Crippen LogP) is 1.66. The molecule has 0 N–H and O–H groups in total. The summed E-state index contributed by atoms with van der Waals surface area (Å²) >= 11 is 0. The van der Waals surface area contributed by atoms with Crippen molar-refractivity contribution in [2.45, 2.75) is 25.2 Å². The highest BCUT2D eigenvalue weighted by Gasteiger charge is 2.25. The third kappa shape index (κ3) is 0.898. The number of hydrogen-bond acceptors (Lipinski definition) is 0. The monoisotopic (exact) mass is 105 g/mol. The molecule has 0 spiro atoms. The van der Waals surface area contributed by atoms with E-state index in [1.807, 2.05) is 0 Å². The topological polar surface area (TPSA) is 0 Å². The molecule has 7 heavy (non-hydrogen) atoms. The van der Waals surface area contributed by atoms with Crippen LogP contribution < -0.4 is 0 Å². The fourth-order valence-corrected chi connectivity index (χ4v) is 0.710. The Morgan fingerprint density at radius 1 is 1.14 bits per heavy atom. The molecule has 1 fully saturated rings. The van der Waals surface area contributed by atoms with Gasteiger partial charge in [-0.15, -0.1) is 0 Å². The van der Waals surface area contributed by atoms with Gasteiger partial charge in [0.25, 0.3) is 0 Å². The molecule has 2 unspecified atom stereocenters. The Morgan fingerprint density at radius 2 is 1.57 bits per heavy atom. The maximum atomic E-state index is 11.9. The molecule has 1 aliphatic carbocycles. The van der Waals surface area contributed by atoms with Crippen molar-refractivity contribution in [3.05, 3.63) is 6.42 Å². The van der Waals surface area contributed by atoms with E-state index < -0.39 is 12.3 Å². The summed E-state index contributed by atoms with van der Waals surface area (Å²) in [6.45, 7) is 0. The normalized spacial score (nSPS) is 42.0. The quantitative estimate of drug-likeness (QED) is 0.439. The van der Waals surface area contributed by atoms with Crippen molar-refractivity contribution in [1.82, 2.24) is 0 Å². The molecule has 1 radical (unpaired) electrons. The van der Waals surface area contributed by atoms with Gasteiger partial charge in [0.2, 0.25) is 0 Å². The van der Waals surface area contributed by atoms with Gasteiger partial charge < -0.3 is 0 Å². The smallest absolute Gasteiger partial charge is 0.131 e. The van der Waals surface area contributed by atoms with Crippen molar-refractivity contribution < 1.29 is 8.78 Å². The Balaban J connectivity index is 2.33. The van der Waals surface area contributed by atoms with Crippen LogP contribution in [0, 0.1) is 6.42 Å². The van der Waals surface area contributed by atoms with Crippen LogP contribution in [0.4, 0.5) is 8.78 Å². The first-order chi connectivity index (χ1) is 3.30. The minimum Gasteiger partial charge on any atom is -0.244 e. The molecule has 1 saturated carbocycles. The Bertz CT molecular complexity index is 55.1. The van der Waals surface area contributed by atoms with Crippen LogP contribution in [0.5, 0.6) is 0 Å². The zero-order valence-corrected chi connectivity index (χ0v) is 3.90. The van der Waals surface area contributed by atoms with Crippen LogP contribution in [-0.4, -0.2) is 12.3 Å². The average molecular weight is 105 g/mol. The Labute approximate surface area is 41.5 Å². The fourth-order valence-electron chi connectivity index (χ4n) is 0.710. The highest BCUT2D eigenvalue weighted by atomic mass is 19.2. The van der Waals surface area contributed by atoms with E-state index in [0.717, 1.165) is 0 Å². The van der Waals surface area contributed by atoms with Crippen molar-refractivity contribution >= 4 is 0 Å². The molecule has 0 saturated heterocycles. The second-order valence-corrected chi connectivity index (χ2v) is 1.79. The Morgan fingerprint density at radius 3 is 1.71 bits per heavy atom. The van der Waals surface area contributed by atoms with Gasteiger partial charge in [-0.05, 0) is 19.3 Å². The Hall–Kier alpha value is -0.140. The lowest BCUT2D eigenvalue weighted by atomic mass is 10.3. The van der Waals surface area contributed by atoms with Crippen molar-refractivity contribution in [3.8, 4) is 0 Å². The van der Waals surface area contributed by atoms with E-state index >= 15 is 0 Å². The first kappa shape index (κ1) is 5.01. The lowest BCUT2D eigenvalue weighted by Crippen LogP contribution is -2.06. The molecule has 41 valence electrons. The fraction of sp³-hybridized carbons (Fsp3) is 0.800. The summed E-state index contributed by atoms with van der Waals surface area (Å²) in [6.07, 6.45) is -0.155. The molecule has 1 aliphatic rings. The largest absolute Gasteiger partial charge is 0.244 e. The van der Waals surface area contributed by atoms with Gasteiger partial charge in [0.15, 0.2) is 0 Å². The van der Waals surface area contributed by atoms with E-state index in [4.69, 9.17) is 0 Å². The summed E-state index contributed by atoms with van der Waals surface area (Å²) in [4.78, 5) is 0. The first-order valence-corrected chi connectivity index (χ1v) is 2.40. The second kappa shape index (κ2) is 1.76. The van der Waals surface area contributed by atoms with Crippen molar-refractivity contribution in [2.75, 3.05) is 0 Å². The molecular weight excluding hydrogens is 98.1 g/mol. The lowest BCUT2D eigenvalue weighted by Gasteiger charge is -1.96. The van der Waals surface area contributed by atoms with E-state index in [1.165, 1.54) is 0 Å². The molecule has 0 bridgehead atoms. The first-order valence-electron chi connectivity index (χ1n) is 2.40. The molecule has 0 aromatic heterocycles. The van der Waals surface area contributed by atoms with Gasteiger partial charge in [0.05, 0.1) is 0 Å². The van der Waals surface area contributed by atoms with Crippen molar-refractivity contribution in [3.63, 3.8) is 0 Å². The van der Waals surface area contributed by atoms with Crippen LogP contribution in [0.1, 0.15) is 12.8 Å². The summed E-state index contributed by atoms with van der Waals surface area (Å²) in [7, 11) is 0. The SMILES string of the molecule is FC1C[CH]CC1F. The van der Waals surface area contributed by atoms with E-state index in [-0.39, 0.29) is 0 Å². The van der Waals surface area contributed by atoms with E-state index in [1.54, 1.807) is 6.42 Å². The van der Waals surface area contributed by atoms with Crippen LogP contribution in [0.3, 0.4) is 0 Å². The maximum absolute atomic E-state index is 11.9. The van der Waals surface area contributed by atoms with E-state index in [0.29, 0.717) is 12.8 Å². The van der Waals surface area contributed by atoms with Gasteiger partial charge in [-0.3, -0.25) is 0 Å². The molecule has 2 heteroatoms. The van der Waals surface area contributed by atoms with Gasteiger partial charge in [0, 0.05) is 0 Å². The van der Waals surface area contributed by atoms with Crippen LogP contribution in [0.2, 0.25) is 0 Å². The molecule has 0 heterocycles. The van der Waals surface area contributed by atoms with Crippen LogP contribution in [0.15, 0.2) is 0 Å². The standard InChI is InChI=1S/C5H7F2/c6-4-2-1-3-5(4)7/h1,4-5H,2-3H2. The van der Waals surface area contributed by atoms with E-state index in [2.05, 4.69) is 0 Å². The number of alkyl halides is 2. The zero-order valence-electron chi connectivity index (χ0n) is 3.90. The number of hydrogen-bond donors (Lipinski definition) is 0. The van der Waals surface area contributed by atoms with Crippen molar-refractivity contribution in [1.29, 1.82) is 0 Å². The van der Waals surface area contributed by atoms with Crippen LogP contribution in [-0.2, 0) is 0 Å². The highest BCUT2D eigenvalue weighted by Crippen LogP contribution is 2.23. The molecule has 0 aliphatic heterocycles. The summed E-state index contributed by atoms with van der Waals surface area (Å²) in [5, 5.41) is 0. The summed E-state index contributed by atoms with van der Waals surface area (Å²) in [5.41, 5.74) is 0. The van der Waals surface area contributed by atoms with Crippen LogP contribution in [0.25, 0.3) is 0 Å². The molecule has 0 amide bonds. The molecule has 0 aromatic carbocycles. The van der Waals surface area contributed by atoms with Gasteiger partial charge >= 0.3 is 0 Å². The zero-order chi connectivity index (χ0) is 5.28. The third-order valence-corrected chi connectivity index (χ3v) is 1.18. The molecule has 2 atom stereocenters. The average Bonchev–Trinajstić information content (AvgIpc) is 1.91. The molecule has 1 rings (SSSR count). The van der Waals surface area contributed by atoms with Gasteiger partial charge in [-0.25, -0.2) is 8.78 Å². The minimum atomic E-state index is -1.21. The highest BCUT2D eigenvalue weighted by molar-refractivity contribution is 4.88. The lowest BCUT2D eigenvalue weighted by molar-refractivity contribution is 0.199. The number of halogens is 2. The Kier molecular flexibility index (Phi) is 1.26. The van der Waals surface area contributed by atoms with Gasteiger partial charge in [-0.2, -0.15) is 0 Å². The molecule has 0 nitrogen and oxygen atoms in total. The summed E-state index contributed by atoms with van der Waals surface area (Å²) in [5.74, 6) is 0. The van der Waals surface area contributed by atoms with E-state index in [9.17, 15) is 8.78 Å². The van der Waals surface area contributed by atoms with Gasteiger partial charge in [0.1, 0.15) is 12.3 Å². The van der Waals surface area contributed by atoms with Gasteiger partial charge in [-0.1, -0.05) is 0 Å². The summed E-state index contributed by atoms with van der Waals surface area (Å²) < 4.78 is 23.8. The third-order valence-electron chi connectivity index (χ3n) is 1.18. The minimum absolute atomic E-state index is 0.307. The van der Waals surface area contributed by atoms with Crippen LogP contribution >= 0.6 is 0 Å². The summed E-state index contributed by atoms with van der Waals surface area (Å²) in [6, 6.07) is 0. The second-order valence-electron chi connectivity index (χ2n) is 1.79. The van der Waals surface area contributed by atoms with Crippen molar-refractivity contribution in [2.24, 2.45) is 0 Å². The maximum Gasteiger partial charge on any atom is 0.131 e. The predicted molar refractivity (Wildman–Crippen MR) is 23.3 cm³/mol.